The predicted molar refractivity (Wildman–Crippen MR) is 126 cm³/mol. The van der Waals surface area contributed by atoms with Gasteiger partial charge in [-0.3, -0.25) is 9.59 Å². The molecule has 32 heavy (non-hydrogen) atoms. The van der Waals surface area contributed by atoms with Crippen molar-refractivity contribution < 1.29 is 18.0 Å². The third-order valence-electron chi connectivity index (χ3n) is 5.21. The van der Waals surface area contributed by atoms with Crippen LogP contribution in [-0.4, -0.2) is 32.3 Å². The van der Waals surface area contributed by atoms with Gasteiger partial charge in [-0.05, 0) is 63.1 Å². The van der Waals surface area contributed by atoms with Gasteiger partial charge in [0.1, 0.15) is 0 Å². The zero-order valence-electron chi connectivity index (χ0n) is 18.2. The highest BCUT2D eigenvalue weighted by Gasteiger charge is 2.20. The maximum atomic E-state index is 12.7. The molecule has 1 saturated carbocycles. The predicted octanol–water partition coefficient (Wildman–Crippen LogP) is 4.34. The van der Waals surface area contributed by atoms with E-state index in [-0.39, 0.29) is 34.0 Å². The zero-order valence-corrected chi connectivity index (χ0v) is 19.7. The number of amides is 2. The molecule has 0 heterocycles. The van der Waals surface area contributed by atoms with Gasteiger partial charge in [-0.25, -0.2) is 13.1 Å². The van der Waals surface area contributed by atoms with Crippen LogP contribution >= 0.6 is 11.6 Å². The lowest BCUT2D eigenvalue weighted by atomic mass is 9.95. The Morgan fingerprint density at radius 3 is 2.41 bits per heavy atom. The minimum Gasteiger partial charge on any atom is -0.349 e. The van der Waals surface area contributed by atoms with Crippen LogP contribution in [0.25, 0.3) is 0 Å². The van der Waals surface area contributed by atoms with Gasteiger partial charge in [-0.15, -0.1) is 0 Å². The molecule has 172 valence electrons. The third-order valence-corrected chi connectivity index (χ3v) is 7.19. The smallest absolute Gasteiger partial charge is 0.255 e. The lowest BCUT2D eigenvalue weighted by Gasteiger charge is -2.23. The second kappa shape index (κ2) is 10.5. The number of nitrogens with one attached hydrogen (secondary N) is 3. The van der Waals surface area contributed by atoms with Gasteiger partial charge in [-0.2, -0.15) is 0 Å². The molecule has 0 saturated heterocycles. The number of hydrogen-bond acceptors (Lipinski definition) is 4. The molecule has 2 aromatic carbocycles. The number of anilines is 1. The Morgan fingerprint density at radius 2 is 1.72 bits per heavy atom. The van der Waals surface area contributed by atoms with Gasteiger partial charge in [0.2, 0.25) is 10.0 Å². The van der Waals surface area contributed by atoms with Gasteiger partial charge < -0.3 is 10.6 Å². The van der Waals surface area contributed by atoms with Crippen LogP contribution < -0.4 is 15.4 Å². The maximum absolute atomic E-state index is 12.7. The minimum absolute atomic E-state index is 0.00232. The number of hydrogen-bond donors (Lipinski definition) is 3. The summed E-state index contributed by atoms with van der Waals surface area (Å²) in [6.45, 7) is 3.44. The first kappa shape index (κ1) is 24.2. The molecule has 9 heteroatoms. The molecule has 0 aromatic heterocycles. The molecule has 0 atom stereocenters. The molecular weight excluding hydrogens is 450 g/mol. The van der Waals surface area contributed by atoms with Gasteiger partial charge in [0, 0.05) is 23.3 Å². The van der Waals surface area contributed by atoms with Gasteiger partial charge in [0.15, 0.2) is 0 Å². The summed E-state index contributed by atoms with van der Waals surface area (Å²) in [7, 11) is -3.73. The summed E-state index contributed by atoms with van der Waals surface area (Å²) in [6.07, 6.45) is 5.27. The molecule has 0 spiro atoms. The standard InChI is InChI=1S/C23H28ClN3O4S/c1-15(2)27-32(30,31)19-10-6-7-16(13-19)22(28)26-18-11-12-21(24)20(14-18)23(29)25-17-8-4-3-5-9-17/h6-7,10-15,17,27H,3-5,8-9H2,1-2H3,(H,25,29)(H,26,28). The van der Waals surface area contributed by atoms with E-state index in [1.54, 1.807) is 26.0 Å². The fourth-order valence-electron chi connectivity index (χ4n) is 3.67. The van der Waals surface area contributed by atoms with Crippen molar-refractivity contribution in [2.45, 2.75) is 62.9 Å². The average molecular weight is 478 g/mol. The van der Waals surface area contributed by atoms with Crippen molar-refractivity contribution in [3.63, 3.8) is 0 Å². The lowest BCUT2D eigenvalue weighted by Crippen LogP contribution is -2.36. The highest BCUT2D eigenvalue weighted by molar-refractivity contribution is 7.89. The van der Waals surface area contributed by atoms with Crippen molar-refractivity contribution in [2.75, 3.05) is 5.32 Å². The molecule has 0 bridgehead atoms. The molecule has 2 aromatic rings. The van der Waals surface area contributed by atoms with E-state index in [1.165, 1.54) is 36.8 Å². The Labute approximate surface area is 194 Å². The summed E-state index contributed by atoms with van der Waals surface area (Å²) in [5.41, 5.74) is 0.856. The number of halogens is 1. The van der Waals surface area contributed by atoms with Crippen molar-refractivity contribution in [2.24, 2.45) is 0 Å². The minimum atomic E-state index is -3.73. The number of carbonyl (C=O) groups excluding carboxylic acids is 2. The molecule has 0 unspecified atom stereocenters. The van der Waals surface area contributed by atoms with E-state index >= 15 is 0 Å². The van der Waals surface area contributed by atoms with Crippen molar-refractivity contribution in [3.05, 3.63) is 58.6 Å². The first-order valence-electron chi connectivity index (χ1n) is 10.7. The second-order valence-corrected chi connectivity index (χ2v) is 10.4. The van der Waals surface area contributed by atoms with Crippen LogP contribution in [0.4, 0.5) is 5.69 Å². The summed E-state index contributed by atoms with van der Waals surface area (Å²) in [6, 6.07) is 10.3. The van der Waals surface area contributed by atoms with Crippen LogP contribution in [0.1, 0.15) is 66.7 Å². The molecule has 2 amide bonds. The maximum Gasteiger partial charge on any atom is 0.255 e. The van der Waals surface area contributed by atoms with E-state index < -0.39 is 15.9 Å². The highest BCUT2D eigenvalue weighted by Crippen LogP contribution is 2.23. The first-order chi connectivity index (χ1) is 15.2. The summed E-state index contributed by atoms with van der Waals surface area (Å²) in [4.78, 5) is 25.4. The summed E-state index contributed by atoms with van der Waals surface area (Å²) >= 11 is 6.23. The van der Waals surface area contributed by atoms with Crippen LogP contribution in [0.2, 0.25) is 5.02 Å². The van der Waals surface area contributed by atoms with E-state index in [1.807, 2.05) is 0 Å². The molecule has 1 aliphatic rings. The Balaban J connectivity index is 1.75. The van der Waals surface area contributed by atoms with Gasteiger partial charge in [0.25, 0.3) is 11.8 Å². The van der Waals surface area contributed by atoms with E-state index in [4.69, 9.17) is 11.6 Å². The molecule has 0 aliphatic heterocycles. The van der Waals surface area contributed by atoms with E-state index in [2.05, 4.69) is 15.4 Å². The van der Waals surface area contributed by atoms with Crippen LogP contribution in [0.3, 0.4) is 0 Å². The summed E-state index contributed by atoms with van der Waals surface area (Å²) in [5, 5.41) is 6.02. The van der Waals surface area contributed by atoms with E-state index in [0.717, 1.165) is 25.7 Å². The van der Waals surface area contributed by atoms with E-state index in [9.17, 15) is 18.0 Å². The second-order valence-electron chi connectivity index (χ2n) is 8.26. The number of sulfonamides is 1. The Morgan fingerprint density at radius 1 is 1.00 bits per heavy atom. The lowest BCUT2D eigenvalue weighted by molar-refractivity contribution is 0.0926. The van der Waals surface area contributed by atoms with Crippen molar-refractivity contribution in [3.8, 4) is 0 Å². The van der Waals surface area contributed by atoms with Crippen LogP contribution in [0.15, 0.2) is 47.4 Å². The average Bonchev–Trinajstić information content (AvgIpc) is 2.75. The normalized spacial score (nSPS) is 14.9. The van der Waals surface area contributed by atoms with Crippen LogP contribution in [0, 0.1) is 0 Å². The van der Waals surface area contributed by atoms with Crippen molar-refractivity contribution in [1.29, 1.82) is 0 Å². The molecule has 1 fully saturated rings. The Bertz CT molecular complexity index is 1100. The Kier molecular flexibility index (Phi) is 7.92. The molecule has 1 aliphatic carbocycles. The molecule has 3 N–H and O–H groups in total. The SMILES string of the molecule is CC(C)NS(=O)(=O)c1cccc(C(=O)Nc2ccc(Cl)c(C(=O)NC3CCCCC3)c2)c1. The first-order valence-corrected chi connectivity index (χ1v) is 12.6. The molecule has 3 rings (SSSR count). The van der Waals surface area contributed by atoms with Crippen LogP contribution in [0.5, 0.6) is 0 Å². The summed E-state index contributed by atoms with van der Waals surface area (Å²) < 4.78 is 27.3. The van der Waals surface area contributed by atoms with Gasteiger partial charge in [-0.1, -0.05) is 36.9 Å². The van der Waals surface area contributed by atoms with Gasteiger partial charge in [0.05, 0.1) is 15.5 Å². The molecule has 7 nitrogen and oxygen atoms in total. The third kappa shape index (κ3) is 6.31. The molecular formula is C23H28ClN3O4S. The monoisotopic (exact) mass is 477 g/mol. The topological polar surface area (TPSA) is 104 Å². The van der Waals surface area contributed by atoms with Crippen LogP contribution in [-0.2, 0) is 10.0 Å². The number of carbonyl (C=O) groups is 2. The Hall–Kier alpha value is -2.42. The largest absolute Gasteiger partial charge is 0.349 e. The highest BCUT2D eigenvalue weighted by atomic mass is 35.5. The van der Waals surface area contributed by atoms with Crippen molar-refractivity contribution in [1.82, 2.24) is 10.0 Å². The molecule has 0 radical (unpaired) electrons. The summed E-state index contributed by atoms with van der Waals surface area (Å²) in [5.74, 6) is -0.765. The number of rotatable bonds is 7. The fourth-order valence-corrected chi connectivity index (χ4v) is 5.17. The number of benzene rings is 2. The fraction of sp³-hybridized carbons (Fsp3) is 0.391. The van der Waals surface area contributed by atoms with Gasteiger partial charge >= 0.3 is 0 Å². The quantitative estimate of drug-likeness (QED) is 0.551. The van der Waals surface area contributed by atoms with E-state index in [0.29, 0.717) is 10.7 Å². The zero-order chi connectivity index (χ0) is 23.3. The van der Waals surface area contributed by atoms with Crippen molar-refractivity contribution >= 4 is 39.1 Å².